The maximum absolute atomic E-state index is 12.8. The summed E-state index contributed by atoms with van der Waals surface area (Å²) in [5.41, 5.74) is 1.54. The van der Waals surface area contributed by atoms with Crippen molar-refractivity contribution >= 4 is 23.2 Å². The van der Waals surface area contributed by atoms with E-state index in [9.17, 15) is 9.59 Å². The van der Waals surface area contributed by atoms with E-state index in [4.69, 9.17) is 4.74 Å². The number of nitrogens with one attached hydrogen (secondary N) is 1. The molecule has 1 aromatic heterocycles. The molecule has 0 radical (unpaired) electrons. The lowest BCUT2D eigenvalue weighted by Gasteiger charge is -2.37. The summed E-state index contributed by atoms with van der Waals surface area (Å²) in [5.74, 6) is -0.563. The number of benzene rings is 1. The Bertz CT molecular complexity index is 812. The van der Waals surface area contributed by atoms with Gasteiger partial charge in [0.15, 0.2) is 5.69 Å². The van der Waals surface area contributed by atoms with Gasteiger partial charge in [0.25, 0.3) is 5.91 Å². The van der Waals surface area contributed by atoms with Gasteiger partial charge >= 0.3 is 0 Å². The first-order chi connectivity index (χ1) is 11.5. The predicted molar refractivity (Wildman–Crippen MR) is 85.7 cm³/mol. The normalized spacial score (nSPS) is 18.5. The molecule has 0 atom stereocenters. The minimum atomic E-state index is -0.335. The van der Waals surface area contributed by atoms with Gasteiger partial charge < -0.3 is 10.1 Å². The number of aromatic nitrogens is 3. The van der Waals surface area contributed by atoms with E-state index in [-0.39, 0.29) is 29.5 Å². The van der Waals surface area contributed by atoms with E-state index in [0.717, 1.165) is 0 Å². The molecule has 1 fully saturated rings. The van der Waals surface area contributed by atoms with Crippen LogP contribution in [0.3, 0.4) is 0 Å². The Labute approximate surface area is 138 Å². The van der Waals surface area contributed by atoms with Gasteiger partial charge in [0, 0.05) is 5.41 Å². The predicted octanol–water partition coefficient (Wildman–Crippen LogP) is 0.913. The molecule has 8 heteroatoms. The highest BCUT2D eigenvalue weighted by Gasteiger charge is 2.35. The van der Waals surface area contributed by atoms with Crippen LogP contribution in [0.2, 0.25) is 0 Å². The van der Waals surface area contributed by atoms with Crippen molar-refractivity contribution in [2.45, 2.75) is 13.5 Å². The smallest absolute Gasteiger partial charge is 0.280 e. The van der Waals surface area contributed by atoms with Gasteiger partial charge in [0.2, 0.25) is 5.91 Å². The van der Waals surface area contributed by atoms with E-state index in [1.807, 2.05) is 12.1 Å². The van der Waals surface area contributed by atoms with Crippen molar-refractivity contribution < 1.29 is 14.3 Å². The van der Waals surface area contributed by atoms with Crippen LogP contribution >= 0.6 is 0 Å². The fourth-order valence-electron chi connectivity index (χ4n) is 2.96. The van der Waals surface area contributed by atoms with Gasteiger partial charge in [0.1, 0.15) is 6.54 Å². The summed E-state index contributed by atoms with van der Waals surface area (Å²) in [6.07, 6.45) is 1.63. The minimum absolute atomic E-state index is 0.0334. The molecule has 0 spiro atoms. The fourth-order valence-corrected chi connectivity index (χ4v) is 2.96. The Kier molecular flexibility index (Phi) is 3.34. The number of fused-ring (bicyclic) bond motifs is 1. The maximum atomic E-state index is 12.8. The van der Waals surface area contributed by atoms with Crippen LogP contribution in [-0.4, -0.2) is 46.6 Å². The van der Waals surface area contributed by atoms with E-state index >= 15 is 0 Å². The lowest BCUT2D eigenvalue weighted by molar-refractivity contribution is -0.115. The summed E-state index contributed by atoms with van der Waals surface area (Å²) in [6, 6.07) is 7.19. The standard InChI is InChI=1S/C16H17N5O3/c1-16(9-24-10-16)8-20-6-12(18-19-20)15(23)21-7-14(22)17-11-4-2-3-5-13(11)21/h2-6H,7-10H2,1H3,(H,17,22). The molecule has 2 aliphatic heterocycles. The molecule has 2 amide bonds. The average molecular weight is 327 g/mol. The molecule has 8 nitrogen and oxygen atoms in total. The van der Waals surface area contributed by atoms with E-state index < -0.39 is 0 Å². The molecule has 1 N–H and O–H groups in total. The number of amides is 2. The van der Waals surface area contributed by atoms with Crippen LogP contribution in [0, 0.1) is 5.41 Å². The zero-order valence-electron chi connectivity index (χ0n) is 13.2. The van der Waals surface area contributed by atoms with Gasteiger partial charge in [-0.1, -0.05) is 24.3 Å². The monoisotopic (exact) mass is 327 g/mol. The van der Waals surface area contributed by atoms with E-state index in [0.29, 0.717) is 31.1 Å². The number of rotatable bonds is 3. The second kappa shape index (κ2) is 5.41. The molecular weight excluding hydrogens is 310 g/mol. The largest absolute Gasteiger partial charge is 0.380 e. The SMILES string of the molecule is CC1(Cn2cc(C(=O)N3CC(=O)Nc4ccccc43)nn2)COC1. The summed E-state index contributed by atoms with van der Waals surface area (Å²) in [7, 11) is 0. The molecule has 3 heterocycles. The molecule has 1 saturated heterocycles. The van der Waals surface area contributed by atoms with E-state index in [1.54, 1.807) is 23.0 Å². The van der Waals surface area contributed by atoms with Gasteiger partial charge in [-0.3, -0.25) is 19.2 Å². The second-order valence-electron chi connectivity index (χ2n) is 6.56. The van der Waals surface area contributed by atoms with Crippen molar-refractivity contribution in [3.05, 3.63) is 36.2 Å². The molecule has 4 rings (SSSR count). The number of carbonyl (C=O) groups is 2. The highest BCUT2D eigenvalue weighted by molar-refractivity contribution is 6.14. The van der Waals surface area contributed by atoms with Crippen LogP contribution in [0.5, 0.6) is 0 Å². The molecule has 2 aromatic rings. The molecule has 0 bridgehead atoms. The second-order valence-corrected chi connectivity index (χ2v) is 6.56. The Morgan fingerprint density at radius 3 is 2.92 bits per heavy atom. The summed E-state index contributed by atoms with van der Waals surface area (Å²) >= 11 is 0. The third kappa shape index (κ3) is 2.54. The van der Waals surface area contributed by atoms with Gasteiger partial charge in [-0.15, -0.1) is 5.10 Å². The Morgan fingerprint density at radius 1 is 1.38 bits per heavy atom. The first kappa shape index (κ1) is 14.8. The van der Waals surface area contributed by atoms with Crippen LogP contribution in [-0.2, 0) is 16.1 Å². The van der Waals surface area contributed by atoms with Crippen molar-refractivity contribution in [2.24, 2.45) is 5.41 Å². The summed E-state index contributed by atoms with van der Waals surface area (Å²) in [4.78, 5) is 26.1. The average Bonchev–Trinajstić information content (AvgIpc) is 3.00. The number of para-hydroxylation sites is 2. The zero-order valence-corrected chi connectivity index (χ0v) is 13.2. The Morgan fingerprint density at radius 2 is 2.17 bits per heavy atom. The number of ether oxygens (including phenoxy) is 1. The number of hydrogen-bond acceptors (Lipinski definition) is 5. The summed E-state index contributed by atoms with van der Waals surface area (Å²) in [5, 5.41) is 10.8. The molecule has 2 aliphatic rings. The topological polar surface area (TPSA) is 89.4 Å². The van der Waals surface area contributed by atoms with Gasteiger partial charge in [-0.25, -0.2) is 0 Å². The van der Waals surface area contributed by atoms with Crippen LogP contribution in [0.15, 0.2) is 30.5 Å². The lowest BCUT2D eigenvalue weighted by Crippen LogP contribution is -2.43. The highest BCUT2D eigenvalue weighted by Crippen LogP contribution is 2.30. The molecular formula is C16H17N5O3. The molecule has 0 unspecified atom stereocenters. The van der Waals surface area contributed by atoms with E-state index in [1.165, 1.54) is 4.90 Å². The first-order valence-electron chi connectivity index (χ1n) is 7.73. The van der Waals surface area contributed by atoms with Gasteiger partial charge in [0.05, 0.1) is 37.3 Å². The molecule has 0 saturated carbocycles. The van der Waals surface area contributed by atoms with Crippen LogP contribution < -0.4 is 10.2 Å². The van der Waals surface area contributed by atoms with Crippen LogP contribution in [0.25, 0.3) is 0 Å². The molecule has 124 valence electrons. The molecule has 0 aliphatic carbocycles. The number of hydrogen-bond donors (Lipinski definition) is 1. The minimum Gasteiger partial charge on any atom is -0.380 e. The summed E-state index contributed by atoms with van der Waals surface area (Å²) < 4.78 is 6.89. The number of nitrogens with zero attached hydrogens (tertiary/aromatic N) is 4. The van der Waals surface area contributed by atoms with Crippen molar-refractivity contribution in [1.29, 1.82) is 0 Å². The van der Waals surface area contributed by atoms with Gasteiger partial charge in [-0.2, -0.15) is 0 Å². The number of anilines is 2. The zero-order chi connectivity index (χ0) is 16.7. The third-order valence-electron chi connectivity index (χ3n) is 4.22. The van der Waals surface area contributed by atoms with Crippen molar-refractivity contribution in [3.8, 4) is 0 Å². The fraction of sp³-hybridized carbons (Fsp3) is 0.375. The maximum Gasteiger partial charge on any atom is 0.280 e. The third-order valence-corrected chi connectivity index (χ3v) is 4.22. The van der Waals surface area contributed by atoms with Crippen molar-refractivity contribution in [2.75, 3.05) is 30.0 Å². The van der Waals surface area contributed by atoms with Crippen molar-refractivity contribution in [1.82, 2.24) is 15.0 Å². The van der Waals surface area contributed by atoms with Crippen molar-refractivity contribution in [3.63, 3.8) is 0 Å². The first-order valence-corrected chi connectivity index (χ1v) is 7.73. The number of carbonyl (C=O) groups excluding carboxylic acids is 2. The molecule has 1 aromatic carbocycles. The summed E-state index contributed by atoms with van der Waals surface area (Å²) in [6.45, 7) is 4.06. The van der Waals surface area contributed by atoms with Crippen LogP contribution in [0.1, 0.15) is 17.4 Å². The van der Waals surface area contributed by atoms with Gasteiger partial charge in [-0.05, 0) is 12.1 Å². The Balaban J connectivity index is 1.58. The molecule has 24 heavy (non-hydrogen) atoms. The van der Waals surface area contributed by atoms with E-state index in [2.05, 4.69) is 22.6 Å². The van der Waals surface area contributed by atoms with Crippen LogP contribution in [0.4, 0.5) is 11.4 Å². The Hall–Kier alpha value is -2.74. The quantitative estimate of drug-likeness (QED) is 0.905. The lowest BCUT2D eigenvalue weighted by atomic mass is 9.89. The highest BCUT2D eigenvalue weighted by atomic mass is 16.5.